The third kappa shape index (κ3) is 3.77. The second kappa shape index (κ2) is 7.36. The molecule has 0 saturated carbocycles. The normalized spacial score (nSPS) is 19.7. The van der Waals surface area contributed by atoms with Gasteiger partial charge in [0.2, 0.25) is 0 Å². The number of carbonyl (C=O) groups excluding carboxylic acids is 1. The van der Waals surface area contributed by atoms with Gasteiger partial charge >= 0.3 is 0 Å². The summed E-state index contributed by atoms with van der Waals surface area (Å²) in [7, 11) is 0. The largest absolute Gasteiger partial charge is 0.385 e. The molecule has 0 spiro atoms. The van der Waals surface area contributed by atoms with Crippen LogP contribution >= 0.6 is 0 Å². The number of pyridine rings is 1. The second-order valence-electron chi connectivity index (χ2n) is 6.16. The molecule has 1 aliphatic heterocycles. The second-order valence-corrected chi connectivity index (χ2v) is 6.16. The molecule has 6 nitrogen and oxygen atoms in total. The summed E-state index contributed by atoms with van der Waals surface area (Å²) in [5, 5.41) is 2.54. The lowest BCUT2D eigenvalue weighted by Gasteiger charge is -2.33. The lowest BCUT2D eigenvalue weighted by molar-refractivity contribution is -0.0145. The molecule has 142 valence electrons. The van der Waals surface area contributed by atoms with Crippen molar-refractivity contribution in [2.45, 2.75) is 18.9 Å². The van der Waals surface area contributed by atoms with Gasteiger partial charge in [0.05, 0.1) is 12.2 Å². The van der Waals surface area contributed by atoms with Gasteiger partial charge in [-0.15, -0.1) is 0 Å². The van der Waals surface area contributed by atoms with Crippen molar-refractivity contribution in [1.82, 2.24) is 4.98 Å². The first-order valence-electron chi connectivity index (χ1n) is 8.06. The first kappa shape index (κ1) is 18.8. The molecule has 0 fully saturated rings. The van der Waals surface area contributed by atoms with E-state index in [1.54, 1.807) is 19.1 Å². The molecule has 1 aromatic carbocycles. The van der Waals surface area contributed by atoms with Crippen molar-refractivity contribution < 1.29 is 22.7 Å². The van der Waals surface area contributed by atoms with Crippen LogP contribution in [-0.2, 0) is 10.3 Å². The Morgan fingerprint density at radius 1 is 1.33 bits per heavy atom. The minimum absolute atomic E-state index is 0.104. The summed E-state index contributed by atoms with van der Waals surface area (Å²) in [6, 6.07) is 6.61. The van der Waals surface area contributed by atoms with E-state index < -0.39 is 35.9 Å². The third-order valence-electron chi connectivity index (χ3n) is 4.14. The van der Waals surface area contributed by atoms with Crippen LogP contribution < -0.4 is 11.1 Å². The minimum Gasteiger partial charge on any atom is -0.385 e. The maximum Gasteiger partial charge on any atom is 0.269 e. The average Bonchev–Trinajstić information content (AvgIpc) is 2.63. The summed E-state index contributed by atoms with van der Waals surface area (Å²) in [6.45, 7) is 1.14. The van der Waals surface area contributed by atoms with Gasteiger partial charge < -0.3 is 15.8 Å². The number of hydrogen-bond donors (Lipinski definition) is 2. The highest BCUT2D eigenvalue weighted by molar-refractivity contribution is 6.04. The van der Waals surface area contributed by atoms with Crippen LogP contribution in [-0.4, -0.2) is 36.4 Å². The molecule has 0 aliphatic carbocycles. The standard InChI is InChI=1S/C18H17F3N4O2/c1-10-2-3-11(7-23-10)16(26)24-12-4-5-14(19)13(6-12)18(17(20)21)9-27-8-15(22)25-18/h2-7,17H,8-9H2,1H3,(H2,22,25)(H,24,26)/t18-/m0/s1. The zero-order chi connectivity index (χ0) is 19.6. The zero-order valence-corrected chi connectivity index (χ0v) is 14.4. The fraction of sp³-hybridized carbons (Fsp3) is 0.278. The van der Waals surface area contributed by atoms with Crippen molar-refractivity contribution in [2.24, 2.45) is 10.7 Å². The van der Waals surface area contributed by atoms with Crippen molar-refractivity contribution in [2.75, 3.05) is 18.5 Å². The van der Waals surface area contributed by atoms with Gasteiger partial charge in [0.1, 0.15) is 18.3 Å². The number of carbonyl (C=O) groups is 1. The maximum absolute atomic E-state index is 14.4. The number of benzene rings is 1. The number of amidine groups is 1. The molecule has 3 rings (SSSR count). The fourth-order valence-electron chi connectivity index (χ4n) is 2.74. The Morgan fingerprint density at radius 3 is 2.74 bits per heavy atom. The lowest BCUT2D eigenvalue weighted by atomic mass is 9.90. The Labute approximate surface area is 153 Å². The summed E-state index contributed by atoms with van der Waals surface area (Å²) >= 11 is 0. The number of nitrogens with one attached hydrogen (secondary N) is 1. The number of amides is 1. The molecule has 9 heteroatoms. The summed E-state index contributed by atoms with van der Waals surface area (Å²) < 4.78 is 47.1. The van der Waals surface area contributed by atoms with E-state index in [2.05, 4.69) is 15.3 Å². The highest BCUT2D eigenvalue weighted by atomic mass is 19.3. The molecule has 1 aliphatic rings. The summed E-state index contributed by atoms with van der Waals surface area (Å²) in [5.41, 5.74) is 4.02. The molecular weight excluding hydrogens is 361 g/mol. The molecule has 1 aromatic heterocycles. The molecule has 3 N–H and O–H groups in total. The number of nitrogens with two attached hydrogens (primary N) is 1. The number of rotatable bonds is 4. The maximum atomic E-state index is 14.4. The number of aryl methyl sites for hydroxylation is 1. The number of anilines is 1. The quantitative estimate of drug-likeness (QED) is 0.856. The van der Waals surface area contributed by atoms with E-state index in [9.17, 15) is 18.0 Å². The monoisotopic (exact) mass is 378 g/mol. The fourth-order valence-corrected chi connectivity index (χ4v) is 2.74. The predicted molar refractivity (Wildman–Crippen MR) is 93.5 cm³/mol. The first-order chi connectivity index (χ1) is 12.8. The predicted octanol–water partition coefficient (Wildman–Crippen LogP) is 2.63. The van der Waals surface area contributed by atoms with E-state index in [4.69, 9.17) is 10.5 Å². The Hall–Kier alpha value is -2.94. The smallest absolute Gasteiger partial charge is 0.269 e. The van der Waals surface area contributed by atoms with E-state index >= 15 is 0 Å². The number of nitrogens with zero attached hydrogens (tertiary/aromatic N) is 2. The molecule has 1 atom stereocenters. The van der Waals surface area contributed by atoms with Crippen molar-refractivity contribution in [3.63, 3.8) is 0 Å². The number of ether oxygens (including phenoxy) is 1. The SMILES string of the molecule is Cc1ccc(C(=O)Nc2ccc(F)c([C@]3(C(F)F)COCC(N)=N3)c2)cn1. The van der Waals surface area contributed by atoms with Crippen molar-refractivity contribution in [1.29, 1.82) is 0 Å². The van der Waals surface area contributed by atoms with Crippen LogP contribution in [0.25, 0.3) is 0 Å². The lowest BCUT2D eigenvalue weighted by Crippen LogP contribution is -2.45. The molecule has 27 heavy (non-hydrogen) atoms. The highest BCUT2D eigenvalue weighted by Crippen LogP contribution is 2.37. The van der Waals surface area contributed by atoms with E-state index in [-0.39, 0.29) is 23.7 Å². The Balaban J connectivity index is 1.95. The average molecular weight is 378 g/mol. The van der Waals surface area contributed by atoms with Crippen molar-refractivity contribution in [3.05, 3.63) is 59.2 Å². The van der Waals surface area contributed by atoms with Crippen molar-refractivity contribution in [3.8, 4) is 0 Å². The number of aromatic nitrogens is 1. The molecule has 2 aromatic rings. The Kier molecular flexibility index (Phi) is 5.13. The number of alkyl halides is 2. The zero-order valence-electron chi connectivity index (χ0n) is 14.4. The van der Waals surface area contributed by atoms with Crippen LogP contribution in [0.3, 0.4) is 0 Å². The highest BCUT2D eigenvalue weighted by Gasteiger charge is 2.46. The van der Waals surface area contributed by atoms with E-state index in [1.165, 1.54) is 12.3 Å². The molecular formula is C18H17F3N4O2. The third-order valence-corrected chi connectivity index (χ3v) is 4.14. The number of aliphatic imine (C=N–C) groups is 1. The number of halogens is 3. The van der Waals surface area contributed by atoms with Crippen LogP contribution in [0.4, 0.5) is 18.9 Å². The first-order valence-corrected chi connectivity index (χ1v) is 8.06. The van der Waals surface area contributed by atoms with Crippen LogP contribution in [0.5, 0.6) is 0 Å². The van der Waals surface area contributed by atoms with Gasteiger partial charge in [-0.25, -0.2) is 13.2 Å². The topological polar surface area (TPSA) is 89.6 Å². The van der Waals surface area contributed by atoms with Gasteiger partial charge in [-0.2, -0.15) is 0 Å². The Bertz CT molecular complexity index is 887. The van der Waals surface area contributed by atoms with Gasteiger partial charge in [-0.1, -0.05) is 0 Å². The van der Waals surface area contributed by atoms with Gasteiger partial charge in [-0.05, 0) is 37.3 Å². The molecule has 0 radical (unpaired) electrons. The summed E-state index contributed by atoms with van der Waals surface area (Å²) in [6.07, 6.45) is -1.67. The van der Waals surface area contributed by atoms with Gasteiger partial charge in [0.25, 0.3) is 12.3 Å². The number of hydrogen-bond acceptors (Lipinski definition) is 5. The van der Waals surface area contributed by atoms with Crippen LogP contribution in [0, 0.1) is 12.7 Å². The van der Waals surface area contributed by atoms with Gasteiger partial charge in [0, 0.05) is 23.1 Å². The molecule has 0 saturated heterocycles. The molecule has 1 amide bonds. The summed E-state index contributed by atoms with van der Waals surface area (Å²) in [4.78, 5) is 20.1. The van der Waals surface area contributed by atoms with Crippen LogP contribution in [0.1, 0.15) is 21.6 Å². The van der Waals surface area contributed by atoms with Crippen molar-refractivity contribution >= 4 is 17.4 Å². The van der Waals surface area contributed by atoms with Gasteiger partial charge in [-0.3, -0.25) is 14.8 Å². The molecule has 0 bridgehead atoms. The Morgan fingerprint density at radius 2 is 2.11 bits per heavy atom. The molecule has 0 unspecified atom stereocenters. The van der Waals surface area contributed by atoms with E-state index in [0.29, 0.717) is 0 Å². The molecule has 2 heterocycles. The minimum atomic E-state index is -3.06. The summed E-state index contributed by atoms with van der Waals surface area (Å²) in [5.74, 6) is -1.55. The van der Waals surface area contributed by atoms with Crippen LogP contribution in [0.2, 0.25) is 0 Å². The van der Waals surface area contributed by atoms with Gasteiger partial charge in [0.15, 0.2) is 5.54 Å². The van der Waals surface area contributed by atoms with E-state index in [0.717, 1.165) is 17.8 Å². The van der Waals surface area contributed by atoms with E-state index in [1.807, 2.05) is 0 Å². The van der Waals surface area contributed by atoms with Crippen LogP contribution in [0.15, 0.2) is 41.5 Å².